The normalized spacial score (nSPS) is 11.5. The molecule has 0 radical (unpaired) electrons. The molecule has 0 atom stereocenters. The van der Waals surface area contributed by atoms with Gasteiger partial charge in [0.1, 0.15) is 4.90 Å². The predicted molar refractivity (Wildman–Crippen MR) is 44.2 cm³/mol. The van der Waals surface area contributed by atoms with Crippen molar-refractivity contribution in [1.29, 1.82) is 0 Å². The predicted octanol–water partition coefficient (Wildman–Crippen LogP) is 1.58. The van der Waals surface area contributed by atoms with Crippen LogP contribution in [0.5, 0.6) is 0 Å². The number of rotatable bonds is 1. The SMILES string of the molecule is Nc1ccc(S(=O)(=O)F)cc1Cl. The first-order valence-electron chi connectivity index (χ1n) is 2.91. The standard InChI is InChI=1S/C6H5ClFNO2S/c7-5-3-4(12(8,10)11)1-2-6(5)9/h1-3H,9H2. The van der Waals surface area contributed by atoms with Gasteiger partial charge in [0.05, 0.1) is 10.7 Å². The van der Waals surface area contributed by atoms with E-state index in [2.05, 4.69) is 0 Å². The lowest BCUT2D eigenvalue weighted by Gasteiger charge is -1.98. The van der Waals surface area contributed by atoms with E-state index in [4.69, 9.17) is 17.3 Å². The van der Waals surface area contributed by atoms with Gasteiger partial charge in [-0.3, -0.25) is 0 Å². The Bertz CT molecular complexity index is 404. The summed E-state index contributed by atoms with van der Waals surface area (Å²) in [4.78, 5) is -0.485. The van der Waals surface area contributed by atoms with E-state index in [1.54, 1.807) is 0 Å². The second kappa shape index (κ2) is 2.91. The Morgan fingerprint density at radius 3 is 2.42 bits per heavy atom. The Kier molecular flexibility index (Phi) is 2.25. The molecule has 6 heteroatoms. The third-order valence-corrected chi connectivity index (χ3v) is 2.40. The lowest BCUT2D eigenvalue weighted by atomic mass is 10.3. The quantitative estimate of drug-likeness (QED) is 0.564. The van der Waals surface area contributed by atoms with Crippen LogP contribution in [0.4, 0.5) is 9.57 Å². The molecular formula is C6H5ClFNO2S. The molecule has 0 aliphatic heterocycles. The Morgan fingerprint density at radius 1 is 1.42 bits per heavy atom. The number of hydrogen-bond donors (Lipinski definition) is 1. The number of halogens is 2. The van der Waals surface area contributed by atoms with Crippen LogP contribution in [0, 0.1) is 0 Å². The van der Waals surface area contributed by atoms with Gasteiger partial charge in [-0.2, -0.15) is 8.42 Å². The van der Waals surface area contributed by atoms with Crippen LogP contribution in [-0.2, 0) is 10.2 Å². The average molecular weight is 210 g/mol. The van der Waals surface area contributed by atoms with Gasteiger partial charge in [-0.25, -0.2) is 0 Å². The van der Waals surface area contributed by atoms with Crippen LogP contribution >= 0.6 is 11.6 Å². The summed E-state index contributed by atoms with van der Waals surface area (Å²) in [6, 6.07) is 3.25. The van der Waals surface area contributed by atoms with Crippen molar-refractivity contribution in [1.82, 2.24) is 0 Å². The molecule has 1 rings (SSSR count). The zero-order valence-corrected chi connectivity index (χ0v) is 7.36. The summed E-state index contributed by atoms with van der Waals surface area (Å²) in [5.74, 6) is 0. The van der Waals surface area contributed by atoms with Crippen molar-refractivity contribution in [3.63, 3.8) is 0 Å². The van der Waals surface area contributed by atoms with E-state index >= 15 is 0 Å². The highest BCUT2D eigenvalue weighted by Crippen LogP contribution is 2.23. The molecule has 66 valence electrons. The lowest BCUT2D eigenvalue weighted by molar-refractivity contribution is 0.552. The average Bonchev–Trinajstić information content (AvgIpc) is 1.92. The largest absolute Gasteiger partial charge is 0.398 e. The van der Waals surface area contributed by atoms with Crippen molar-refractivity contribution in [3.8, 4) is 0 Å². The summed E-state index contributed by atoms with van der Waals surface area (Å²) in [5.41, 5.74) is 5.49. The zero-order chi connectivity index (χ0) is 9.35. The van der Waals surface area contributed by atoms with Crippen LogP contribution in [0.1, 0.15) is 0 Å². The molecule has 0 fully saturated rings. The Labute approximate surface area is 74.2 Å². The first-order valence-corrected chi connectivity index (χ1v) is 4.67. The summed E-state index contributed by atoms with van der Waals surface area (Å²) in [5, 5.41) is 0.0220. The molecule has 0 amide bonds. The molecule has 0 heterocycles. The maximum Gasteiger partial charge on any atom is 0.332 e. The van der Waals surface area contributed by atoms with E-state index < -0.39 is 15.1 Å². The molecule has 1 aromatic carbocycles. The minimum atomic E-state index is -4.68. The summed E-state index contributed by atoms with van der Waals surface area (Å²) >= 11 is 5.46. The van der Waals surface area contributed by atoms with Crippen LogP contribution in [-0.4, -0.2) is 8.42 Å². The van der Waals surface area contributed by atoms with Gasteiger partial charge in [0.25, 0.3) is 0 Å². The second-order valence-electron chi connectivity index (χ2n) is 2.12. The Morgan fingerprint density at radius 2 is 2.00 bits per heavy atom. The van der Waals surface area contributed by atoms with Crippen molar-refractivity contribution < 1.29 is 12.3 Å². The van der Waals surface area contributed by atoms with Gasteiger partial charge in [-0.05, 0) is 18.2 Å². The molecular weight excluding hydrogens is 205 g/mol. The number of nitrogens with two attached hydrogens (primary N) is 1. The van der Waals surface area contributed by atoms with E-state index in [1.807, 2.05) is 0 Å². The summed E-state index contributed by atoms with van der Waals surface area (Å²) in [6.07, 6.45) is 0. The topological polar surface area (TPSA) is 60.2 Å². The van der Waals surface area contributed by atoms with E-state index in [0.717, 1.165) is 12.1 Å². The van der Waals surface area contributed by atoms with Crippen molar-refractivity contribution in [3.05, 3.63) is 23.2 Å². The molecule has 0 aliphatic carbocycles. The van der Waals surface area contributed by atoms with Crippen LogP contribution < -0.4 is 5.73 Å². The monoisotopic (exact) mass is 209 g/mol. The highest BCUT2D eigenvalue weighted by atomic mass is 35.5. The fraction of sp³-hybridized carbons (Fsp3) is 0. The molecule has 0 spiro atoms. The zero-order valence-electron chi connectivity index (χ0n) is 5.79. The van der Waals surface area contributed by atoms with E-state index in [9.17, 15) is 12.3 Å². The highest BCUT2D eigenvalue weighted by Gasteiger charge is 2.12. The lowest BCUT2D eigenvalue weighted by Crippen LogP contribution is -1.93. The van der Waals surface area contributed by atoms with Crippen molar-refractivity contribution in [2.75, 3.05) is 5.73 Å². The maximum absolute atomic E-state index is 12.3. The first-order chi connectivity index (χ1) is 5.41. The Balaban J connectivity index is 3.33. The van der Waals surface area contributed by atoms with Crippen molar-refractivity contribution >= 4 is 27.5 Å². The van der Waals surface area contributed by atoms with Gasteiger partial charge in [-0.15, -0.1) is 3.89 Å². The Hall–Kier alpha value is -0.810. The third-order valence-electron chi connectivity index (χ3n) is 1.25. The van der Waals surface area contributed by atoms with Crippen molar-refractivity contribution in [2.45, 2.75) is 4.90 Å². The smallest absolute Gasteiger partial charge is 0.332 e. The van der Waals surface area contributed by atoms with Gasteiger partial charge >= 0.3 is 10.2 Å². The van der Waals surface area contributed by atoms with Gasteiger partial charge in [-0.1, -0.05) is 11.6 Å². The van der Waals surface area contributed by atoms with E-state index in [1.165, 1.54) is 6.07 Å². The molecule has 0 aromatic heterocycles. The molecule has 0 unspecified atom stereocenters. The number of hydrogen-bond acceptors (Lipinski definition) is 3. The number of anilines is 1. The fourth-order valence-electron chi connectivity index (χ4n) is 0.660. The molecule has 0 saturated carbocycles. The first kappa shape index (κ1) is 9.28. The summed E-state index contributed by atoms with van der Waals surface area (Å²) < 4.78 is 33.0. The molecule has 12 heavy (non-hydrogen) atoms. The van der Waals surface area contributed by atoms with Crippen LogP contribution in [0.2, 0.25) is 5.02 Å². The van der Waals surface area contributed by atoms with Crippen molar-refractivity contribution in [2.24, 2.45) is 0 Å². The van der Waals surface area contributed by atoms with Gasteiger partial charge in [0.2, 0.25) is 0 Å². The molecule has 0 saturated heterocycles. The second-order valence-corrected chi connectivity index (χ2v) is 3.88. The number of benzene rings is 1. The number of nitrogen functional groups attached to an aromatic ring is 1. The van der Waals surface area contributed by atoms with Crippen LogP contribution in [0.15, 0.2) is 23.1 Å². The third kappa shape index (κ3) is 1.86. The molecule has 3 nitrogen and oxygen atoms in total. The van der Waals surface area contributed by atoms with Gasteiger partial charge in [0.15, 0.2) is 0 Å². The maximum atomic E-state index is 12.3. The van der Waals surface area contributed by atoms with E-state index in [-0.39, 0.29) is 10.7 Å². The highest BCUT2D eigenvalue weighted by molar-refractivity contribution is 7.86. The summed E-state index contributed by atoms with van der Waals surface area (Å²) in [7, 11) is -4.68. The molecule has 1 aromatic rings. The minimum Gasteiger partial charge on any atom is -0.398 e. The van der Waals surface area contributed by atoms with Crippen LogP contribution in [0.25, 0.3) is 0 Å². The minimum absolute atomic E-state index is 0.0220. The van der Waals surface area contributed by atoms with E-state index in [0.29, 0.717) is 0 Å². The van der Waals surface area contributed by atoms with Crippen LogP contribution in [0.3, 0.4) is 0 Å². The molecule has 0 aliphatic rings. The fourth-order valence-corrected chi connectivity index (χ4v) is 1.39. The van der Waals surface area contributed by atoms with Gasteiger partial charge < -0.3 is 5.73 Å². The molecule has 2 N–H and O–H groups in total. The molecule has 0 bridgehead atoms. The van der Waals surface area contributed by atoms with Gasteiger partial charge in [0, 0.05) is 0 Å². The summed E-state index contributed by atoms with van der Waals surface area (Å²) in [6.45, 7) is 0.